The zero-order valence-corrected chi connectivity index (χ0v) is 35.6. The van der Waals surface area contributed by atoms with Crippen LogP contribution in [0.3, 0.4) is 0 Å². The van der Waals surface area contributed by atoms with E-state index in [1.54, 1.807) is 11.3 Å². The van der Waals surface area contributed by atoms with Crippen LogP contribution in [0.4, 0.5) is 0 Å². The summed E-state index contributed by atoms with van der Waals surface area (Å²) >= 11 is 1.81. The van der Waals surface area contributed by atoms with Gasteiger partial charge in [-0.2, -0.15) is 0 Å². The van der Waals surface area contributed by atoms with Gasteiger partial charge in [-0.1, -0.05) is 140 Å². The number of benzene rings is 10. The summed E-state index contributed by atoms with van der Waals surface area (Å²) in [5.41, 5.74) is 10.0. The zero-order chi connectivity index (χ0) is 42.6. The fourth-order valence-electron chi connectivity index (χ4n) is 9.95. The van der Waals surface area contributed by atoms with Crippen molar-refractivity contribution in [3.8, 4) is 51.0 Å². The van der Waals surface area contributed by atoms with Crippen LogP contribution in [-0.4, -0.2) is 19.5 Å². The minimum atomic E-state index is 0.579. The fourth-order valence-corrected chi connectivity index (χ4v) is 11.0. The van der Waals surface area contributed by atoms with E-state index >= 15 is 0 Å². The topological polar surface area (TPSA) is 56.7 Å². The van der Waals surface area contributed by atoms with Gasteiger partial charge in [-0.05, 0) is 99.4 Å². The number of furan rings is 1. The first-order valence-electron chi connectivity index (χ1n) is 21.8. The van der Waals surface area contributed by atoms with Gasteiger partial charge in [0.1, 0.15) is 11.2 Å². The number of fused-ring (bicyclic) bond motifs is 12. The fraction of sp³-hybridized carbons (Fsp3) is 0. The molecule has 302 valence electrons. The first-order chi connectivity index (χ1) is 32.2. The predicted molar refractivity (Wildman–Crippen MR) is 271 cm³/mol. The summed E-state index contributed by atoms with van der Waals surface area (Å²) in [5, 5.41) is 11.5. The number of rotatable bonds is 5. The quantitative estimate of drug-likeness (QED) is 0.173. The third kappa shape index (κ3) is 5.67. The minimum absolute atomic E-state index is 0.579. The molecule has 0 aliphatic rings. The molecule has 14 aromatic rings. The highest BCUT2D eigenvalue weighted by atomic mass is 32.1. The van der Waals surface area contributed by atoms with E-state index in [9.17, 15) is 0 Å². The van der Waals surface area contributed by atoms with Crippen molar-refractivity contribution < 1.29 is 4.42 Å². The van der Waals surface area contributed by atoms with Crippen LogP contribution < -0.4 is 0 Å². The van der Waals surface area contributed by atoms with Crippen LogP contribution in [0.25, 0.3) is 136 Å². The van der Waals surface area contributed by atoms with Crippen LogP contribution in [-0.2, 0) is 0 Å². The lowest BCUT2D eigenvalue weighted by Crippen LogP contribution is -2.01. The molecular formula is C59H34N4OS. The Bertz CT molecular complexity index is 4240. The van der Waals surface area contributed by atoms with Gasteiger partial charge in [0.05, 0.1) is 11.0 Å². The van der Waals surface area contributed by atoms with E-state index in [0.717, 1.165) is 77.2 Å². The molecule has 0 saturated carbocycles. The monoisotopic (exact) mass is 846 g/mol. The number of hydrogen-bond acceptors (Lipinski definition) is 5. The second-order valence-corrected chi connectivity index (χ2v) is 17.8. The maximum absolute atomic E-state index is 6.73. The Morgan fingerprint density at radius 1 is 0.354 bits per heavy atom. The predicted octanol–water partition coefficient (Wildman–Crippen LogP) is 16.2. The number of hydrogen-bond donors (Lipinski definition) is 0. The lowest BCUT2D eigenvalue weighted by Gasteiger charge is -2.14. The minimum Gasteiger partial charge on any atom is -0.456 e. The summed E-state index contributed by atoms with van der Waals surface area (Å²) in [6.45, 7) is 0. The SMILES string of the molecule is c1ccc(-c2ccc(-c3nc(-c4ccc5sc6ccccc6c5c4)nc(-c4cc5oc6ccccc6c5c5cc(-n6c7ccccc7c7cc8ccccc8cc76)ccc45)n3)cc2)cc1. The molecule has 0 radical (unpaired) electrons. The molecule has 4 aromatic heterocycles. The molecule has 10 aromatic carbocycles. The van der Waals surface area contributed by atoms with E-state index in [0.29, 0.717) is 17.5 Å². The average molecular weight is 847 g/mol. The highest BCUT2D eigenvalue weighted by molar-refractivity contribution is 7.25. The molecule has 0 aliphatic heterocycles. The van der Waals surface area contributed by atoms with Gasteiger partial charge >= 0.3 is 0 Å². The number of thiophene rings is 1. The Hall–Kier alpha value is -8.45. The summed E-state index contributed by atoms with van der Waals surface area (Å²) < 4.78 is 11.6. The van der Waals surface area contributed by atoms with Crippen molar-refractivity contribution in [3.63, 3.8) is 0 Å². The molecule has 6 heteroatoms. The Morgan fingerprint density at radius 3 is 1.86 bits per heavy atom. The van der Waals surface area contributed by atoms with Crippen molar-refractivity contribution in [2.45, 2.75) is 0 Å². The van der Waals surface area contributed by atoms with Crippen LogP contribution in [0.5, 0.6) is 0 Å². The van der Waals surface area contributed by atoms with E-state index < -0.39 is 0 Å². The largest absolute Gasteiger partial charge is 0.456 e. The molecule has 5 nitrogen and oxygen atoms in total. The highest BCUT2D eigenvalue weighted by Crippen LogP contribution is 2.43. The molecule has 65 heavy (non-hydrogen) atoms. The first kappa shape index (κ1) is 36.1. The molecule has 0 spiro atoms. The van der Waals surface area contributed by atoms with Crippen molar-refractivity contribution in [3.05, 3.63) is 206 Å². The lowest BCUT2D eigenvalue weighted by atomic mass is 9.97. The molecule has 0 amide bonds. The highest BCUT2D eigenvalue weighted by Gasteiger charge is 2.22. The third-order valence-corrected chi connectivity index (χ3v) is 14.2. The summed E-state index contributed by atoms with van der Waals surface area (Å²) in [6.07, 6.45) is 0. The summed E-state index contributed by atoms with van der Waals surface area (Å²) in [4.78, 5) is 15.9. The summed E-state index contributed by atoms with van der Waals surface area (Å²) in [6, 6.07) is 73.3. The van der Waals surface area contributed by atoms with Gasteiger partial charge in [-0.15, -0.1) is 11.3 Å². The second kappa shape index (κ2) is 14.0. The van der Waals surface area contributed by atoms with Crippen molar-refractivity contribution in [1.29, 1.82) is 0 Å². The maximum Gasteiger partial charge on any atom is 0.164 e. The van der Waals surface area contributed by atoms with Crippen molar-refractivity contribution in [2.75, 3.05) is 0 Å². The molecule has 0 N–H and O–H groups in total. The molecule has 0 saturated heterocycles. The van der Waals surface area contributed by atoms with Gasteiger partial charge in [0.25, 0.3) is 0 Å². The number of para-hydroxylation sites is 2. The summed E-state index contributed by atoms with van der Waals surface area (Å²) in [5.74, 6) is 1.80. The zero-order valence-electron chi connectivity index (χ0n) is 34.7. The molecule has 0 unspecified atom stereocenters. The van der Waals surface area contributed by atoms with Crippen LogP contribution in [0.1, 0.15) is 0 Å². The van der Waals surface area contributed by atoms with E-state index in [1.165, 1.54) is 41.7 Å². The molecule has 0 bridgehead atoms. The third-order valence-electron chi connectivity index (χ3n) is 13.0. The van der Waals surface area contributed by atoms with E-state index in [-0.39, 0.29) is 0 Å². The van der Waals surface area contributed by atoms with Crippen LogP contribution in [0.15, 0.2) is 211 Å². The standard InChI is InChI=1S/C59H34N4OS/c1-2-12-35(13-3-1)36-22-24-37(25-23-36)57-60-58(40-26-29-55-47(31-40)44-17-8-11-21-54(44)65-55)62-59(61-57)49-34-53-56(45-18-7-10-20-52(45)64-53)48-33-41(27-28-42(48)49)63-50-19-9-6-16-43(50)46-30-38-14-4-5-15-39(38)32-51(46)63/h1-34H. The lowest BCUT2D eigenvalue weighted by molar-refractivity contribution is 0.669. The van der Waals surface area contributed by atoms with E-state index in [1.807, 2.05) is 18.2 Å². The Morgan fingerprint density at radius 2 is 1.00 bits per heavy atom. The molecular weight excluding hydrogens is 813 g/mol. The van der Waals surface area contributed by atoms with Crippen molar-refractivity contribution >= 4 is 96.8 Å². The van der Waals surface area contributed by atoms with Gasteiger partial charge in [-0.25, -0.2) is 15.0 Å². The first-order valence-corrected chi connectivity index (χ1v) is 22.6. The molecule has 4 heterocycles. The Balaban J connectivity index is 1.03. The van der Waals surface area contributed by atoms with E-state index in [2.05, 4.69) is 193 Å². The van der Waals surface area contributed by atoms with Gasteiger partial charge in [0.15, 0.2) is 17.5 Å². The Labute approximate surface area is 376 Å². The van der Waals surface area contributed by atoms with Gasteiger partial charge in [-0.3, -0.25) is 0 Å². The normalized spacial score (nSPS) is 12.0. The van der Waals surface area contributed by atoms with Crippen LogP contribution in [0.2, 0.25) is 0 Å². The molecule has 0 fully saturated rings. The Kier molecular flexibility index (Phi) is 7.79. The van der Waals surface area contributed by atoms with Gasteiger partial charge in [0, 0.05) is 64.1 Å². The number of aromatic nitrogens is 4. The molecule has 0 atom stereocenters. The van der Waals surface area contributed by atoms with Crippen molar-refractivity contribution in [2.24, 2.45) is 0 Å². The van der Waals surface area contributed by atoms with E-state index in [4.69, 9.17) is 19.4 Å². The van der Waals surface area contributed by atoms with Crippen molar-refractivity contribution in [1.82, 2.24) is 19.5 Å². The second-order valence-electron chi connectivity index (χ2n) is 16.8. The van der Waals surface area contributed by atoms with Crippen LogP contribution >= 0.6 is 11.3 Å². The number of nitrogens with zero attached hydrogens (tertiary/aromatic N) is 4. The van der Waals surface area contributed by atoms with Gasteiger partial charge in [0.2, 0.25) is 0 Å². The smallest absolute Gasteiger partial charge is 0.164 e. The maximum atomic E-state index is 6.73. The molecule has 14 rings (SSSR count). The van der Waals surface area contributed by atoms with Crippen LogP contribution in [0, 0.1) is 0 Å². The summed E-state index contributed by atoms with van der Waals surface area (Å²) in [7, 11) is 0. The van der Waals surface area contributed by atoms with Gasteiger partial charge < -0.3 is 8.98 Å². The average Bonchev–Trinajstić information content (AvgIpc) is 4.04. The molecule has 0 aliphatic carbocycles.